The molecule has 0 bridgehead atoms. The largest absolute Gasteiger partial charge is 0.487 e. The number of allylic oxidation sites excluding steroid dienone is 1. The summed E-state index contributed by atoms with van der Waals surface area (Å²) >= 11 is 0. The highest BCUT2D eigenvalue weighted by molar-refractivity contribution is 5.78. The fraction of sp³-hybridized carbons (Fsp3) is 0.389. The summed E-state index contributed by atoms with van der Waals surface area (Å²) in [4.78, 5) is 24.8. The number of carbonyl (C=O) groups is 1. The first-order valence-corrected chi connectivity index (χ1v) is 8.48. The number of hydrogen-bond acceptors (Lipinski definition) is 4. The van der Waals surface area contributed by atoms with E-state index < -0.39 is 18.3 Å². The number of ether oxygens (including phenoxy) is 1. The molecular weight excluding hydrogens is 363 g/mol. The van der Waals surface area contributed by atoms with Gasteiger partial charge in [0.15, 0.2) is 6.29 Å². The van der Waals surface area contributed by atoms with E-state index in [1.54, 1.807) is 6.07 Å². The number of pyridine rings is 1. The Hall–Kier alpha value is -2.84. The molecule has 0 fully saturated rings. The van der Waals surface area contributed by atoms with Crippen LogP contribution in [0.2, 0.25) is 0 Å². The van der Waals surface area contributed by atoms with Gasteiger partial charge in [0, 0.05) is 18.5 Å². The molecule has 0 unspecified atom stereocenters. The molecule has 3 rings (SSSR count). The third-order valence-corrected chi connectivity index (χ3v) is 4.38. The van der Waals surface area contributed by atoms with E-state index in [9.17, 15) is 22.8 Å². The Morgan fingerprint density at radius 3 is 2.81 bits per heavy atom. The van der Waals surface area contributed by atoms with Crippen LogP contribution >= 0.6 is 0 Å². The average molecular weight is 381 g/mol. The zero-order valence-electron chi connectivity index (χ0n) is 14.4. The van der Waals surface area contributed by atoms with Gasteiger partial charge in [-0.05, 0) is 42.9 Å². The smallest absolute Gasteiger partial charge is 0.408 e. The van der Waals surface area contributed by atoms with Gasteiger partial charge < -0.3 is 9.72 Å². The van der Waals surface area contributed by atoms with Crippen molar-refractivity contribution >= 4 is 11.9 Å². The van der Waals surface area contributed by atoms with Gasteiger partial charge in [-0.15, -0.1) is 0 Å². The van der Waals surface area contributed by atoms with Gasteiger partial charge in [0.25, 0.3) is 0 Å². The number of nitrogens with zero attached hydrogens (tertiary/aromatic N) is 2. The topological polar surface area (TPSA) is 77.0 Å². The SMILES string of the molecule is O=Cc1cc(=O)[nH]cc1OCC1=C(c2ccnn2CC(F)(F)F)CCCC1. The van der Waals surface area contributed by atoms with Gasteiger partial charge in [0.05, 0.1) is 11.3 Å². The molecule has 144 valence electrons. The number of aromatic amines is 1. The summed E-state index contributed by atoms with van der Waals surface area (Å²) in [5.74, 6) is 0.228. The molecule has 0 spiro atoms. The fourth-order valence-electron chi connectivity index (χ4n) is 3.18. The summed E-state index contributed by atoms with van der Waals surface area (Å²) in [5, 5.41) is 3.80. The van der Waals surface area contributed by atoms with Crippen LogP contribution in [0.5, 0.6) is 5.75 Å². The number of aromatic nitrogens is 3. The molecule has 1 N–H and O–H groups in total. The Labute approximate surface area is 152 Å². The maximum Gasteiger partial charge on any atom is 0.408 e. The number of rotatable bonds is 6. The van der Waals surface area contributed by atoms with Crippen molar-refractivity contribution in [2.24, 2.45) is 0 Å². The molecule has 0 saturated carbocycles. The predicted molar refractivity (Wildman–Crippen MR) is 91.6 cm³/mol. The normalized spacial score (nSPS) is 15.1. The molecule has 1 aliphatic carbocycles. The van der Waals surface area contributed by atoms with Crippen LogP contribution in [0.25, 0.3) is 5.57 Å². The Morgan fingerprint density at radius 2 is 2.07 bits per heavy atom. The average Bonchev–Trinajstić information content (AvgIpc) is 3.06. The lowest BCUT2D eigenvalue weighted by Crippen LogP contribution is -2.21. The molecule has 2 aromatic rings. The van der Waals surface area contributed by atoms with E-state index in [0.717, 1.165) is 34.7 Å². The van der Waals surface area contributed by atoms with Crippen LogP contribution < -0.4 is 10.3 Å². The Bertz CT molecular complexity index is 912. The van der Waals surface area contributed by atoms with Crippen LogP contribution in [0.4, 0.5) is 13.2 Å². The number of hydrogen-bond donors (Lipinski definition) is 1. The van der Waals surface area contributed by atoms with Gasteiger partial charge in [-0.25, -0.2) is 0 Å². The van der Waals surface area contributed by atoms with E-state index in [1.807, 2.05) is 0 Å². The second-order valence-electron chi connectivity index (χ2n) is 6.30. The minimum atomic E-state index is -4.36. The number of aldehydes is 1. The Kier molecular flexibility index (Phi) is 5.48. The Morgan fingerprint density at radius 1 is 1.30 bits per heavy atom. The van der Waals surface area contributed by atoms with Crippen molar-refractivity contribution in [2.45, 2.75) is 38.4 Å². The third kappa shape index (κ3) is 4.66. The predicted octanol–water partition coefficient (Wildman–Crippen LogP) is 3.35. The lowest BCUT2D eigenvalue weighted by atomic mass is 9.90. The summed E-state index contributed by atoms with van der Waals surface area (Å²) in [6.07, 6.45) is 1.92. The highest BCUT2D eigenvalue weighted by atomic mass is 19.4. The molecule has 2 heterocycles. The molecule has 0 aliphatic heterocycles. The quantitative estimate of drug-likeness (QED) is 0.779. The molecule has 9 heteroatoms. The Balaban J connectivity index is 1.87. The standard InChI is InChI=1S/C18H18F3N3O3/c19-18(20,21)11-24-15(5-6-23-24)14-4-2-1-3-12(14)10-27-16-8-22-17(26)7-13(16)9-25/h5-9H,1-4,10-11H2,(H,22,26). The van der Waals surface area contributed by atoms with Gasteiger partial charge in [0.1, 0.15) is 18.9 Å². The number of nitrogens with one attached hydrogen (secondary N) is 1. The maximum atomic E-state index is 12.8. The van der Waals surface area contributed by atoms with E-state index in [0.29, 0.717) is 24.8 Å². The van der Waals surface area contributed by atoms with Gasteiger partial charge in [0.2, 0.25) is 5.56 Å². The van der Waals surface area contributed by atoms with Crippen LogP contribution in [-0.4, -0.2) is 33.8 Å². The van der Waals surface area contributed by atoms with E-state index in [2.05, 4.69) is 10.1 Å². The first-order valence-electron chi connectivity index (χ1n) is 8.48. The lowest BCUT2D eigenvalue weighted by Gasteiger charge is -2.22. The van der Waals surface area contributed by atoms with Crippen molar-refractivity contribution in [3.05, 3.63) is 51.7 Å². The second kappa shape index (κ2) is 7.81. The molecule has 0 amide bonds. The fourth-order valence-corrected chi connectivity index (χ4v) is 3.18. The summed E-state index contributed by atoms with van der Waals surface area (Å²) in [5.41, 5.74) is 1.80. The number of alkyl halides is 3. The summed E-state index contributed by atoms with van der Waals surface area (Å²) < 4.78 is 45.0. The third-order valence-electron chi connectivity index (χ3n) is 4.38. The summed E-state index contributed by atoms with van der Waals surface area (Å²) in [6.45, 7) is -1.03. The lowest BCUT2D eigenvalue weighted by molar-refractivity contribution is -0.142. The maximum absolute atomic E-state index is 12.8. The van der Waals surface area contributed by atoms with Crippen molar-refractivity contribution in [3.63, 3.8) is 0 Å². The van der Waals surface area contributed by atoms with E-state index in [1.165, 1.54) is 12.4 Å². The van der Waals surface area contributed by atoms with Crippen molar-refractivity contribution in [3.8, 4) is 5.75 Å². The first kappa shape index (κ1) is 18.9. The number of halogens is 3. The molecule has 27 heavy (non-hydrogen) atoms. The van der Waals surface area contributed by atoms with Crippen LogP contribution in [0.3, 0.4) is 0 Å². The first-order chi connectivity index (χ1) is 12.9. The van der Waals surface area contributed by atoms with Crippen LogP contribution in [-0.2, 0) is 6.54 Å². The van der Waals surface area contributed by atoms with Crippen LogP contribution in [0.1, 0.15) is 41.7 Å². The van der Waals surface area contributed by atoms with Crippen molar-refractivity contribution in [2.75, 3.05) is 6.61 Å². The molecule has 6 nitrogen and oxygen atoms in total. The van der Waals surface area contributed by atoms with Crippen molar-refractivity contribution < 1.29 is 22.7 Å². The van der Waals surface area contributed by atoms with E-state index >= 15 is 0 Å². The molecule has 0 aromatic carbocycles. The van der Waals surface area contributed by atoms with Gasteiger partial charge >= 0.3 is 6.18 Å². The highest BCUT2D eigenvalue weighted by Gasteiger charge is 2.30. The van der Waals surface area contributed by atoms with Crippen molar-refractivity contribution in [1.29, 1.82) is 0 Å². The molecular formula is C18H18F3N3O3. The van der Waals surface area contributed by atoms with Gasteiger partial charge in [-0.1, -0.05) is 0 Å². The second-order valence-corrected chi connectivity index (χ2v) is 6.30. The van der Waals surface area contributed by atoms with Crippen LogP contribution in [0, 0.1) is 0 Å². The summed E-state index contributed by atoms with van der Waals surface area (Å²) in [6, 6.07) is 2.71. The van der Waals surface area contributed by atoms with Gasteiger partial charge in [-0.2, -0.15) is 18.3 Å². The molecule has 0 saturated heterocycles. The number of H-pyrrole nitrogens is 1. The minimum absolute atomic E-state index is 0.124. The monoisotopic (exact) mass is 381 g/mol. The molecule has 0 atom stereocenters. The van der Waals surface area contributed by atoms with E-state index in [4.69, 9.17) is 4.74 Å². The highest BCUT2D eigenvalue weighted by Crippen LogP contribution is 2.33. The van der Waals surface area contributed by atoms with Gasteiger partial charge in [-0.3, -0.25) is 14.3 Å². The minimum Gasteiger partial charge on any atom is -0.487 e. The number of carbonyl (C=O) groups excluding carboxylic acids is 1. The molecule has 1 aliphatic rings. The molecule has 0 radical (unpaired) electrons. The van der Waals surface area contributed by atoms with Crippen molar-refractivity contribution in [1.82, 2.24) is 14.8 Å². The molecule has 2 aromatic heterocycles. The zero-order chi connectivity index (χ0) is 19.4. The zero-order valence-corrected chi connectivity index (χ0v) is 14.4. The van der Waals surface area contributed by atoms with Crippen LogP contribution in [0.15, 0.2) is 34.9 Å². The summed E-state index contributed by atoms with van der Waals surface area (Å²) in [7, 11) is 0. The van der Waals surface area contributed by atoms with E-state index in [-0.39, 0.29) is 17.9 Å².